The summed E-state index contributed by atoms with van der Waals surface area (Å²) < 4.78 is 5.35. The van der Waals surface area contributed by atoms with Crippen molar-refractivity contribution in [2.24, 2.45) is 17.8 Å². The molecule has 4 aliphatic rings. The molecule has 5 nitrogen and oxygen atoms in total. The molecule has 2 N–H and O–H groups in total. The van der Waals surface area contributed by atoms with Gasteiger partial charge in [0.2, 0.25) is 0 Å². The SMILES string of the molecule is COCC1CC2NC3CC(C4CCCCN4C)CCC3C(O)N2C1. The maximum absolute atomic E-state index is 10.9. The molecule has 7 atom stereocenters. The van der Waals surface area contributed by atoms with Gasteiger partial charge >= 0.3 is 0 Å². The highest BCUT2D eigenvalue weighted by Crippen LogP contribution is 2.42. The zero-order valence-electron chi connectivity index (χ0n) is 15.4. The zero-order chi connectivity index (χ0) is 16.7. The Morgan fingerprint density at radius 3 is 2.83 bits per heavy atom. The summed E-state index contributed by atoms with van der Waals surface area (Å²) in [6.07, 6.45) is 9.04. The molecule has 7 unspecified atom stereocenters. The van der Waals surface area contributed by atoms with Crippen molar-refractivity contribution in [2.45, 2.75) is 69.4 Å². The van der Waals surface area contributed by atoms with Crippen LogP contribution in [0, 0.1) is 17.8 Å². The molecule has 3 aliphatic heterocycles. The van der Waals surface area contributed by atoms with E-state index in [1.165, 1.54) is 45.1 Å². The van der Waals surface area contributed by atoms with Gasteiger partial charge < -0.3 is 14.7 Å². The number of nitrogens with zero attached hydrogens (tertiary/aromatic N) is 2. The quantitative estimate of drug-likeness (QED) is 0.817. The van der Waals surface area contributed by atoms with Crippen LogP contribution in [-0.2, 0) is 4.74 Å². The number of rotatable bonds is 3. The van der Waals surface area contributed by atoms with Gasteiger partial charge in [-0.3, -0.25) is 10.2 Å². The van der Waals surface area contributed by atoms with Crippen LogP contribution in [0.5, 0.6) is 0 Å². The second-order valence-corrected chi connectivity index (χ2v) is 8.74. The van der Waals surface area contributed by atoms with Crippen molar-refractivity contribution < 1.29 is 9.84 Å². The first kappa shape index (κ1) is 17.2. The molecule has 0 amide bonds. The molecule has 138 valence electrons. The van der Waals surface area contributed by atoms with Crippen LogP contribution in [-0.4, -0.2) is 73.2 Å². The number of methoxy groups -OCH3 is 1. The highest BCUT2D eigenvalue weighted by atomic mass is 16.5. The van der Waals surface area contributed by atoms with Gasteiger partial charge in [-0.25, -0.2) is 0 Å². The summed E-state index contributed by atoms with van der Waals surface area (Å²) in [6, 6.07) is 1.26. The Morgan fingerprint density at radius 2 is 2.04 bits per heavy atom. The molecule has 24 heavy (non-hydrogen) atoms. The third-order valence-electron chi connectivity index (χ3n) is 7.27. The molecular formula is C19H35N3O2. The van der Waals surface area contributed by atoms with Gasteiger partial charge in [0.1, 0.15) is 6.23 Å². The van der Waals surface area contributed by atoms with Gasteiger partial charge in [-0.2, -0.15) is 0 Å². The molecule has 1 saturated carbocycles. The molecule has 0 bridgehead atoms. The first-order valence-electron chi connectivity index (χ1n) is 10.1. The number of nitrogens with one attached hydrogen (secondary N) is 1. The lowest BCUT2D eigenvalue weighted by atomic mass is 9.71. The van der Waals surface area contributed by atoms with E-state index >= 15 is 0 Å². The molecule has 0 aromatic carbocycles. The molecule has 4 rings (SSSR count). The Balaban J connectivity index is 1.41. The smallest absolute Gasteiger partial charge is 0.112 e. The second kappa shape index (κ2) is 7.20. The molecule has 0 aromatic rings. The summed E-state index contributed by atoms with van der Waals surface area (Å²) in [5, 5.41) is 14.9. The lowest BCUT2D eigenvalue weighted by Gasteiger charge is -2.51. The Morgan fingerprint density at radius 1 is 1.17 bits per heavy atom. The van der Waals surface area contributed by atoms with Crippen LogP contribution in [0.15, 0.2) is 0 Å². The molecule has 3 saturated heterocycles. The van der Waals surface area contributed by atoms with Gasteiger partial charge in [-0.15, -0.1) is 0 Å². The Kier molecular flexibility index (Phi) is 5.17. The topological polar surface area (TPSA) is 48.0 Å². The van der Waals surface area contributed by atoms with Crippen molar-refractivity contribution in [1.29, 1.82) is 0 Å². The van der Waals surface area contributed by atoms with Crippen LogP contribution >= 0.6 is 0 Å². The maximum Gasteiger partial charge on any atom is 0.112 e. The summed E-state index contributed by atoms with van der Waals surface area (Å²) in [4.78, 5) is 4.90. The summed E-state index contributed by atoms with van der Waals surface area (Å²) in [6.45, 7) is 3.05. The van der Waals surface area contributed by atoms with Gasteiger partial charge in [0.05, 0.1) is 12.8 Å². The van der Waals surface area contributed by atoms with Gasteiger partial charge in [0.25, 0.3) is 0 Å². The minimum Gasteiger partial charge on any atom is -0.384 e. The van der Waals surface area contributed by atoms with E-state index in [9.17, 15) is 5.11 Å². The molecule has 1 aliphatic carbocycles. The number of piperidine rings is 1. The first-order valence-corrected chi connectivity index (χ1v) is 10.1. The fourth-order valence-corrected chi connectivity index (χ4v) is 6.08. The summed E-state index contributed by atoms with van der Waals surface area (Å²) in [7, 11) is 4.10. The van der Waals surface area contributed by atoms with Crippen LogP contribution in [0.2, 0.25) is 0 Å². The van der Waals surface area contributed by atoms with Gasteiger partial charge in [-0.05, 0) is 64.0 Å². The van der Waals surface area contributed by atoms with Crippen molar-refractivity contribution in [2.75, 3.05) is 33.9 Å². The number of ether oxygens (including phenoxy) is 1. The van der Waals surface area contributed by atoms with E-state index < -0.39 is 0 Å². The predicted molar refractivity (Wildman–Crippen MR) is 94.5 cm³/mol. The monoisotopic (exact) mass is 337 g/mol. The normalized spacial score (nSPS) is 47.4. The van der Waals surface area contributed by atoms with Crippen LogP contribution < -0.4 is 5.32 Å². The number of hydrogen-bond acceptors (Lipinski definition) is 5. The maximum atomic E-state index is 10.9. The van der Waals surface area contributed by atoms with Crippen LogP contribution in [0.25, 0.3) is 0 Å². The molecule has 0 aromatic heterocycles. The van der Waals surface area contributed by atoms with E-state index in [-0.39, 0.29) is 6.23 Å². The minimum atomic E-state index is -0.256. The molecule has 3 heterocycles. The fraction of sp³-hybridized carbons (Fsp3) is 1.00. The summed E-state index contributed by atoms with van der Waals surface area (Å²) >= 11 is 0. The molecular weight excluding hydrogens is 302 g/mol. The van der Waals surface area contributed by atoms with E-state index in [0.29, 0.717) is 24.0 Å². The van der Waals surface area contributed by atoms with E-state index in [1.54, 1.807) is 7.11 Å². The van der Waals surface area contributed by atoms with E-state index in [0.717, 1.165) is 31.5 Å². The highest BCUT2D eigenvalue weighted by molar-refractivity contribution is 5.01. The van der Waals surface area contributed by atoms with Crippen LogP contribution in [0.1, 0.15) is 44.9 Å². The number of aliphatic hydroxyl groups excluding tert-OH is 1. The number of likely N-dealkylation sites (tertiary alicyclic amines) is 1. The minimum absolute atomic E-state index is 0.256. The third kappa shape index (κ3) is 3.14. The largest absolute Gasteiger partial charge is 0.384 e. The van der Waals surface area contributed by atoms with Crippen LogP contribution in [0.3, 0.4) is 0 Å². The summed E-state index contributed by atoms with van der Waals surface area (Å²) in [5.41, 5.74) is 0. The van der Waals surface area contributed by atoms with Gasteiger partial charge in [0.15, 0.2) is 0 Å². The molecule has 4 fully saturated rings. The molecule has 5 heteroatoms. The Labute approximate surface area is 146 Å². The summed E-state index contributed by atoms with van der Waals surface area (Å²) in [5.74, 6) is 1.77. The fourth-order valence-electron chi connectivity index (χ4n) is 6.08. The van der Waals surface area contributed by atoms with Crippen molar-refractivity contribution >= 4 is 0 Å². The van der Waals surface area contributed by atoms with Crippen molar-refractivity contribution in [3.63, 3.8) is 0 Å². The van der Waals surface area contributed by atoms with Gasteiger partial charge in [-0.1, -0.05) is 6.42 Å². The Hall–Kier alpha value is -0.200. The second-order valence-electron chi connectivity index (χ2n) is 8.74. The lowest BCUT2D eigenvalue weighted by molar-refractivity contribution is -0.118. The van der Waals surface area contributed by atoms with Crippen molar-refractivity contribution in [3.8, 4) is 0 Å². The van der Waals surface area contributed by atoms with Crippen molar-refractivity contribution in [3.05, 3.63) is 0 Å². The van der Waals surface area contributed by atoms with E-state index in [4.69, 9.17) is 4.74 Å². The first-order chi connectivity index (χ1) is 11.7. The van der Waals surface area contributed by atoms with E-state index in [1.807, 2.05) is 0 Å². The predicted octanol–water partition coefficient (Wildman–Crippen LogP) is 1.47. The molecule has 0 radical (unpaired) electrons. The number of hydrogen-bond donors (Lipinski definition) is 2. The average Bonchev–Trinajstić information content (AvgIpc) is 2.98. The number of fused-ring (bicyclic) bond motifs is 2. The van der Waals surface area contributed by atoms with Crippen molar-refractivity contribution in [1.82, 2.24) is 15.1 Å². The Bertz CT molecular complexity index is 435. The molecule has 0 spiro atoms. The standard InChI is InChI=1S/C19H35N3O2/c1-21-8-4-3-5-17(21)14-6-7-15-16(10-14)20-18-9-13(12-24-2)11-22(18)19(15)23/h13-20,23H,3-12H2,1-2H3. The van der Waals surface area contributed by atoms with Crippen LogP contribution in [0.4, 0.5) is 0 Å². The lowest BCUT2D eigenvalue weighted by Crippen LogP contribution is -2.64. The zero-order valence-corrected chi connectivity index (χ0v) is 15.4. The van der Waals surface area contributed by atoms with E-state index in [2.05, 4.69) is 22.2 Å². The van der Waals surface area contributed by atoms with Gasteiger partial charge in [0, 0.05) is 31.7 Å². The highest BCUT2D eigenvalue weighted by Gasteiger charge is 2.49. The number of aliphatic hydroxyl groups is 1. The average molecular weight is 338 g/mol. The third-order valence-corrected chi connectivity index (χ3v) is 7.27.